The molecule has 0 heterocycles. The summed E-state index contributed by atoms with van der Waals surface area (Å²) in [4.78, 5) is 23.3. The molecule has 0 radical (unpaired) electrons. The summed E-state index contributed by atoms with van der Waals surface area (Å²) >= 11 is 0. The fraction of sp³-hybridized carbons (Fsp3) is 0.600. The number of amides is 1. The van der Waals surface area contributed by atoms with Gasteiger partial charge in [-0.25, -0.2) is 4.79 Å². The van der Waals surface area contributed by atoms with Gasteiger partial charge in [-0.05, 0) is 13.5 Å². The second-order valence-electron chi connectivity index (χ2n) is 3.02. The third-order valence-corrected chi connectivity index (χ3v) is 1.81. The third kappa shape index (κ3) is 7.69. The third-order valence-electron chi connectivity index (χ3n) is 1.81. The van der Waals surface area contributed by atoms with Crippen LogP contribution in [0, 0.1) is 0 Å². The number of carbonyl (C=O) groups excluding carboxylic acids is 1. The van der Waals surface area contributed by atoms with Crippen LogP contribution in [0.4, 0.5) is 0 Å². The van der Waals surface area contributed by atoms with Crippen LogP contribution in [0.25, 0.3) is 0 Å². The summed E-state index contributed by atoms with van der Waals surface area (Å²) in [5.74, 6) is -1.01. The largest absolute Gasteiger partial charge is 0.478 e. The Bertz CT molecular complexity index is 239. The van der Waals surface area contributed by atoms with E-state index >= 15 is 0 Å². The van der Waals surface area contributed by atoms with E-state index in [0.29, 0.717) is 26.2 Å². The first-order valence-electron chi connectivity index (χ1n) is 4.98. The van der Waals surface area contributed by atoms with Crippen molar-refractivity contribution in [2.24, 2.45) is 0 Å². The van der Waals surface area contributed by atoms with Gasteiger partial charge in [-0.3, -0.25) is 9.69 Å². The molecule has 0 aliphatic rings. The highest BCUT2D eigenvalue weighted by Gasteiger charge is 2.05. The number of hydrogen-bond acceptors (Lipinski definition) is 3. The molecule has 0 saturated heterocycles. The zero-order valence-corrected chi connectivity index (χ0v) is 9.19. The summed E-state index contributed by atoms with van der Waals surface area (Å²) in [7, 11) is 0. The Hall–Kier alpha value is -1.36. The predicted octanol–water partition coefficient (Wildman–Crippen LogP) is 0.0852. The number of nitrogens with one attached hydrogen (secondary N) is 1. The van der Waals surface area contributed by atoms with Crippen LogP contribution in [0.5, 0.6) is 0 Å². The molecule has 0 aliphatic carbocycles. The van der Waals surface area contributed by atoms with E-state index in [4.69, 9.17) is 5.11 Å². The minimum atomic E-state index is -0.968. The molecular weight excluding hydrogens is 196 g/mol. The second-order valence-corrected chi connectivity index (χ2v) is 3.02. The Kier molecular flexibility index (Phi) is 7.27. The molecule has 0 aromatic rings. The second kappa shape index (κ2) is 7.99. The first kappa shape index (κ1) is 13.6. The summed E-state index contributed by atoms with van der Waals surface area (Å²) in [5.41, 5.74) is 0. The predicted molar refractivity (Wildman–Crippen MR) is 57.6 cm³/mol. The lowest BCUT2D eigenvalue weighted by Gasteiger charge is -2.17. The summed E-state index contributed by atoms with van der Waals surface area (Å²) in [6.45, 7) is 5.88. The molecule has 0 bridgehead atoms. The Labute approximate surface area is 89.8 Å². The SMILES string of the molecule is CCNC(=O)CN(CC)CC=CC(=O)O. The average Bonchev–Trinajstić information content (AvgIpc) is 2.16. The molecule has 0 aromatic heterocycles. The average molecular weight is 214 g/mol. The highest BCUT2D eigenvalue weighted by Crippen LogP contribution is 1.88. The maximum atomic E-state index is 11.2. The van der Waals surface area contributed by atoms with E-state index in [1.165, 1.54) is 6.08 Å². The molecule has 0 fully saturated rings. The molecule has 0 unspecified atom stereocenters. The summed E-state index contributed by atoms with van der Waals surface area (Å²) in [5, 5.41) is 11.1. The van der Waals surface area contributed by atoms with E-state index in [0.717, 1.165) is 6.08 Å². The molecule has 5 nitrogen and oxygen atoms in total. The minimum absolute atomic E-state index is 0.0388. The van der Waals surface area contributed by atoms with Gasteiger partial charge >= 0.3 is 5.97 Å². The van der Waals surface area contributed by atoms with Crippen molar-refractivity contribution >= 4 is 11.9 Å². The lowest BCUT2D eigenvalue weighted by atomic mass is 10.4. The molecule has 0 rings (SSSR count). The maximum absolute atomic E-state index is 11.2. The highest BCUT2D eigenvalue weighted by molar-refractivity contribution is 5.80. The summed E-state index contributed by atoms with van der Waals surface area (Å²) < 4.78 is 0. The van der Waals surface area contributed by atoms with Crippen LogP contribution in [-0.4, -0.2) is 48.1 Å². The first-order valence-corrected chi connectivity index (χ1v) is 4.98. The molecule has 0 aromatic carbocycles. The van der Waals surface area contributed by atoms with E-state index in [9.17, 15) is 9.59 Å². The van der Waals surface area contributed by atoms with Gasteiger partial charge < -0.3 is 10.4 Å². The van der Waals surface area contributed by atoms with E-state index in [2.05, 4.69) is 5.32 Å². The number of carboxylic acids is 1. The van der Waals surface area contributed by atoms with Gasteiger partial charge in [0.25, 0.3) is 0 Å². The lowest BCUT2D eigenvalue weighted by molar-refractivity contribution is -0.131. The van der Waals surface area contributed by atoms with Gasteiger partial charge in [0.15, 0.2) is 0 Å². The lowest BCUT2D eigenvalue weighted by Crippen LogP contribution is -2.37. The van der Waals surface area contributed by atoms with Gasteiger partial charge in [-0.1, -0.05) is 13.0 Å². The molecule has 1 amide bonds. The van der Waals surface area contributed by atoms with Gasteiger partial charge in [0, 0.05) is 19.2 Å². The monoisotopic (exact) mass is 214 g/mol. The van der Waals surface area contributed by atoms with Crippen molar-refractivity contribution in [2.75, 3.05) is 26.2 Å². The first-order chi connectivity index (χ1) is 7.10. The van der Waals surface area contributed by atoms with Crippen LogP contribution < -0.4 is 5.32 Å². The minimum Gasteiger partial charge on any atom is -0.478 e. The van der Waals surface area contributed by atoms with Crippen LogP contribution in [0.2, 0.25) is 0 Å². The molecule has 0 spiro atoms. The highest BCUT2D eigenvalue weighted by atomic mass is 16.4. The molecule has 0 aliphatic heterocycles. The van der Waals surface area contributed by atoms with Gasteiger partial charge in [0.05, 0.1) is 6.54 Å². The number of aliphatic carboxylic acids is 1. The van der Waals surface area contributed by atoms with Crippen LogP contribution in [0.1, 0.15) is 13.8 Å². The van der Waals surface area contributed by atoms with Crippen molar-refractivity contribution in [3.05, 3.63) is 12.2 Å². The Morgan fingerprint density at radius 2 is 2.07 bits per heavy atom. The van der Waals surface area contributed by atoms with E-state index < -0.39 is 5.97 Å². The van der Waals surface area contributed by atoms with Crippen molar-refractivity contribution in [1.29, 1.82) is 0 Å². The van der Waals surface area contributed by atoms with Gasteiger partial charge in [-0.15, -0.1) is 0 Å². The quantitative estimate of drug-likeness (QED) is 0.589. The fourth-order valence-electron chi connectivity index (χ4n) is 1.06. The summed E-state index contributed by atoms with van der Waals surface area (Å²) in [6, 6.07) is 0. The van der Waals surface area contributed by atoms with Crippen molar-refractivity contribution in [2.45, 2.75) is 13.8 Å². The number of nitrogens with zero attached hydrogens (tertiary/aromatic N) is 1. The zero-order valence-electron chi connectivity index (χ0n) is 9.19. The summed E-state index contributed by atoms with van der Waals surface area (Å²) in [6.07, 6.45) is 2.62. The van der Waals surface area contributed by atoms with Gasteiger partial charge in [-0.2, -0.15) is 0 Å². The van der Waals surface area contributed by atoms with Crippen molar-refractivity contribution in [3.63, 3.8) is 0 Å². The molecule has 2 N–H and O–H groups in total. The van der Waals surface area contributed by atoms with E-state index in [1.54, 1.807) is 0 Å². The molecule has 15 heavy (non-hydrogen) atoms. The van der Waals surface area contributed by atoms with Crippen LogP contribution in [-0.2, 0) is 9.59 Å². The van der Waals surface area contributed by atoms with Gasteiger partial charge in [0.1, 0.15) is 0 Å². The smallest absolute Gasteiger partial charge is 0.328 e. The number of carbonyl (C=O) groups is 2. The molecular formula is C10H18N2O3. The van der Waals surface area contributed by atoms with Crippen molar-refractivity contribution in [1.82, 2.24) is 10.2 Å². The fourth-order valence-corrected chi connectivity index (χ4v) is 1.06. The molecule has 0 atom stereocenters. The molecule has 5 heteroatoms. The van der Waals surface area contributed by atoms with Crippen LogP contribution >= 0.6 is 0 Å². The standard InChI is InChI=1S/C10H18N2O3/c1-3-11-9(13)8-12(4-2)7-5-6-10(14)15/h5-6H,3-4,7-8H2,1-2H3,(H,11,13)(H,14,15). The number of carboxylic acid groups (broad SMARTS) is 1. The molecule has 86 valence electrons. The van der Waals surface area contributed by atoms with E-state index in [1.807, 2.05) is 18.7 Å². The zero-order chi connectivity index (χ0) is 11.7. The van der Waals surface area contributed by atoms with Crippen molar-refractivity contribution in [3.8, 4) is 0 Å². The normalized spacial score (nSPS) is 10.9. The topological polar surface area (TPSA) is 69.6 Å². The Morgan fingerprint density at radius 3 is 2.53 bits per heavy atom. The number of likely N-dealkylation sites (N-methyl/N-ethyl adjacent to an activating group) is 2. The van der Waals surface area contributed by atoms with Crippen LogP contribution in [0.15, 0.2) is 12.2 Å². The maximum Gasteiger partial charge on any atom is 0.328 e. The van der Waals surface area contributed by atoms with Crippen molar-refractivity contribution < 1.29 is 14.7 Å². The Morgan fingerprint density at radius 1 is 1.40 bits per heavy atom. The Balaban J connectivity index is 3.92. The molecule has 0 saturated carbocycles. The van der Waals surface area contributed by atoms with E-state index in [-0.39, 0.29) is 5.91 Å². The van der Waals surface area contributed by atoms with Crippen LogP contribution in [0.3, 0.4) is 0 Å². The number of rotatable bonds is 7. The number of hydrogen-bond donors (Lipinski definition) is 2. The van der Waals surface area contributed by atoms with Gasteiger partial charge in [0.2, 0.25) is 5.91 Å².